The van der Waals surface area contributed by atoms with Gasteiger partial charge >= 0.3 is 0 Å². The third kappa shape index (κ3) is 3.90. The van der Waals surface area contributed by atoms with Crippen molar-refractivity contribution in [2.45, 2.75) is 33.6 Å². The molecule has 19 heavy (non-hydrogen) atoms. The third-order valence-corrected chi connectivity index (χ3v) is 4.43. The minimum atomic E-state index is 0.677. The summed E-state index contributed by atoms with van der Waals surface area (Å²) in [6, 6.07) is 3.84. The van der Waals surface area contributed by atoms with Crippen molar-refractivity contribution in [3.63, 3.8) is 0 Å². The molecule has 3 heteroatoms. The minimum Gasteiger partial charge on any atom is -0.384 e. The summed E-state index contributed by atoms with van der Waals surface area (Å²) < 4.78 is 0. The highest BCUT2D eigenvalue weighted by Crippen LogP contribution is 2.31. The van der Waals surface area contributed by atoms with Crippen LogP contribution < -0.4 is 5.32 Å². The van der Waals surface area contributed by atoms with Crippen LogP contribution in [0.2, 0.25) is 10.0 Å². The zero-order valence-corrected chi connectivity index (χ0v) is 13.3. The summed E-state index contributed by atoms with van der Waals surface area (Å²) in [6.45, 7) is 7.42. The summed E-state index contributed by atoms with van der Waals surface area (Å²) in [7, 11) is 0. The van der Waals surface area contributed by atoms with Crippen LogP contribution in [0.3, 0.4) is 0 Å². The number of benzene rings is 1. The summed E-state index contributed by atoms with van der Waals surface area (Å²) in [6.07, 6.45) is 4.79. The van der Waals surface area contributed by atoms with Gasteiger partial charge in [0.1, 0.15) is 0 Å². The Hall–Kier alpha value is -0.660. The van der Waals surface area contributed by atoms with E-state index in [0.717, 1.165) is 27.8 Å². The standard InChI is InChI=1S/C16H21Cl2N/c1-10-4-11(2)6-13(5-10)9-19-16-8-14(17)12(3)7-15(16)18/h4,7-8,10,13,19H,5-6,9H2,1-3H3. The molecule has 0 aromatic heterocycles. The van der Waals surface area contributed by atoms with Crippen molar-refractivity contribution < 1.29 is 0 Å². The molecule has 1 nitrogen and oxygen atoms in total. The average Bonchev–Trinajstić information content (AvgIpc) is 2.31. The molecule has 0 bridgehead atoms. The van der Waals surface area contributed by atoms with Gasteiger partial charge in [-0.3, -0.25) is 0 Å². The number of allylic oxidation sites excluding steroid dienone is 2. The summed E-state index contributed by atoms with van der Waals surface area (Å²) in [4.78, 5) is 0. The number of rotatable bonds is 3. The lowest BCUT2D eigenvalue weighted by molar-refractivity contribution is 0.421. The SMILES string of the molecule is CC1=CC(C)CC(CNc2cc(Cl)c(C)cc2Cl)C1. The largest absolute Gasteiger partial charge is 0.384 e. The van der Waals surface area contributed by atoms with Crippen molar-refractivity contribution >= 4 is 28.9 Å². The van der Waals surface area contributed by atoms with E-state index >= 15 is 0 Å². The van der Waals surface area contributed by atoms with Crippen molar-refractivity contribution in [2.24, 2.45) is 11.8 Å². The zero-order valence-electron chi connectivity index (χ0n) is 11.8. The average molecular weight is 298 g/mol. The van der Waals surface area contributed by atoms with Crippen LogP contribution in [0.4, 0.5) is 5.69 Å². The fourth-order valence-corrected chi connectivity index (χ4v) is 3.33. The first-order chi connectivity index (χ1) is 8.95. The third-order valence-electron chi connectivity index (χ3n) is 3.71. The van der Waals surface area contributed by atoms with Crippen molar-refractivity contribution in [3.8, 4) is 0 Å². The second kappa shape index (κ2) is 6.19. The van der Waals surface area contributed by atoms with Crippen LogP contribution in [-0.4, -0.2) is 6.54 Å². The quantitative estimate of drug-likeness (QED) is 0.705. The van der Waals surface area contributed by atoms with E-state index in [0.29, 0.717) is 11.8 Å². The van der Waals surface area contributed by atoms with Crippen LogP contribution in [0.15, 0.2) is 23.8 Å². The first-order valence-electron chi connectivity index (χ1n) is 6.82. The van der Waals surface area contributed by atoms with E-state index in [2.05, 4.69) is 25.2 Å². The molecule has 0 spiro atoms. The smallest absolute Gasteiger partial charge is 0.0641 e. The van der Waals surface area contributed by atoms with Gasteiger partial charge in [0.05, 0.1) is 10.7 Å². The molecule has 0 heterocycles. The number of aryl methyl sites for hydroxylation is 1. The molecule has 2 rings (SSSR count). The van der Waals surface area contributed by atoms with E-state index in [1.807, 2.05) is 19.1 Å². The highest BCUT2D eigenvalue weighted by molar-refractivity contribution is 6.35. The highest BCUT2D eigenvalue weighted by atomic mass is 35.5. The molecule has 0 saturated carbocycles. The van der Waals surface area contributed by atoms with E-state index in [9.17, 15) is 0 Å². The molecule has 1 aliphatic rings. The maximum absolute atomic E-state index is 6.24. The Balaban J connectivity index is 2.00. The van der Waals surface area contributed by atoms with Crippen LogP contribution in [0.5, 0.6) is 0 Å². The topological polar surface area (TPSA) is 12.0 Å². The molecule has 2 atom stereocenters. The van der Waals surface area contributed by atoms with E-state index in [1.165, 1.54) is 18.4 Å². The molecule has 0 amide bonds. The second-order valence-electron chi connectivity index (χ2n) is 5.76. The second-order valence-corrected chi connectivity index (χ2v) is 6.57. The van der Waals surface area contributed by atoms with Crippen molar-refractivity contribution in [1.82, 2.24) is 0 Å². The molecule has 0 fully saturated rings. The maximum atomic E-state index is 6.24. The van der Waals surface area contributed by atoms with Crippen molar-refractivity contribution in [1.29, 1.82) is 0 Å². The Morgan fingerprint density at radius 1 is 1.21 bits per heavy atom. The summed E-state index contributed by atoms with van der Waals surface area (Å²) in [5, 5.41) is 4.96. The van der Waals surface area contributed by atoms with Gasteiger partial charge in [0.15, 0.2) is 0 Å². The fraction of sp³-hybridized carbons (Fsp3) is 0.500. The maximum Gasteiger partial charge on any atom is 0.0641 e. The number of anilines is 1. The molecule has 1 N–H and O–H groups in total. The molecular formula is C16H21Cl2N. The monoisotopic (exact) mass is 297 g/mol. The number of hydrogen-bond acceptors (Lipinski definition) is 1. The molecule has 0 radical (unpaired) electrons. The van der Waals surface area contributed by atoms with E-state index in [-0.39, 0.29) is 0 Å². The lowest BCUT2D eigenvalue weighted by Gasteiger charge is -2.26. The first kappa shape index (κ1) is 14.7. The van der Waals surface area contributed by atoms with Crippen LogP contribution in [0, 0.1) is 18.8 Å². The van der Waals surface area contributed by atoms with Gasteiger partial charge in [-0.1, -0.05) is 41.8 Å². The van der Waals surface area contributed by atoms with Gasteiger partial charge in [0.2, 0.25) is 0 Å². The molecule has 104 valence electrons. The normalized spacial score (nSPS) is 23.1. The van der Waals surface area contributed by atoms with Crippen molar-refractivity contribution in [2.75, 3.05) is 11.9 Å². The Kier molecular flexibility index (Phi) is 4.81. The molecule has 1 aromatic carbocycles. The molecule has 0 aliphatic heterocycles. The van der Waals surface area contributed by atoms with Crippen LogP contribution in [0.25, 0.3) is 0 Å². The Morgan fingerprint density at radius 3 is 2.63 bits per heavy atom. The molecule has 1 aliphatic carbocycles. The molecular weight excluding hydrogens is 277 g/mol. The molecule has 1 aromatic rings. The highest BCUT2D eigenvalue weighted by Gasteiger charge is 2.18. The minimum absolute atomic E-state index is 0.677. The van der Waals surface area contributed by atoms with Crippen LogP contribution in [0.1, 0.15) is 32.3 Å². The van der Waals surface area contributed by atoms with Crippen molar-refractivity contribution in [3.05, 3.63) is 39.4 Å². The van der Waals surface area contributed by atoms with E-state index < -0.39 is 0 Å². The molecule has 0 saturated heterocycles. The number of hydrogen-bond donors (Lipinski definition) is 1. The van der Waals surface area contributed by atoms with Gasteiger partial charge in [-0.05, 0) is 56.2 Å². The molecule has 2 unspecified atom stereocenters. The van der Waals surface area contributed by atoms with Gasteiger partial charge in [-0.2, -0.15) is 0 Å². The van der Waals surface area contributed by atoms with E-state index in [1.54, 1.807) is 0 Å². The van der Waals surface area contributed by atoms with Gasteiger partial charge in [-0.15, -0.1) is 0 Å². The first-order valence-corrected chi connectivity index (χ1v) is 7.58. The predicted molar refractivity (Wildman–Crippen MR) is 85.3 cm³/mol. The Bertz CT molecular complexity index is 494. The number of halogens is 2. The number of nitrogens with one attached hydrogen (secondary N) is 1. The van der Waals surface area contributed by atoms with Gasteiger partial charge in [0.25, 0.3) is 0 Å². The van der Waals surface area contributed by atoms with Gasteiger partial charge in [-0.25, -0.2) is 0 Å². The fourth-order valence-electron chi connectivity index (χ4n) is 2.88. The summed E-state index contributed by atoms with van der Waals surface area (Å²) in [5.74, 6) is 1.36. The zero-order chi connectivity index (χ0) is 14.0. The summed E-state index contributed by atoms with van der Waals surface area (Å²) in [5.41, 5.74) is 3.46. The summed E-state index contributed by atoms with van der Waals surface area (Å²) >= 11 is 12.4. The van der Waals surface area contributed by atoms with E-state index in [4.69, 9.17) is 23.2 Å². The lowest BCUT2D eigenvalue weighted by Crippen LogP contribution is -2.20. The van der Waals surface area contributed by atoms with Gasteiger partial charge in [0, 0.05) is 11.6 Å². The predicted octanol–water partition coefficient (Wildman–Crippen LogP) is 5.71. The Morgan fingerprint density at radius 2 is 1.95 bits per heavy atom. The Labute approximate surface area is 126 Å². The van der Waals surface area contributed by atoms with Crippen LogP contribution >= 0.6 is 23.2 Å². The lowest BCUT2D eigenvalue weighted by atomic mass is 9.84. The van der Waals surface area contributed by atoms with Gasteiger partial charge < -0.3 is 5.32 Å². The van der Waals surface area contributed by atoms with Crippen LogP contribution in [-0.2, 0) is 0 Å².